The van der Waals surface area contributed by atoms with Crippen LogP contribution in [0.4, 0.5) is 11.4 Å². The lowest BCUT2D eigenvalue weighted by atomic mass is 10.1. The molecule has 6 heteroatoms. The molecule has 21 heavy (non-hydrogen) atoms. The molecule has 1 heterocycles. The van der Waals surface area contributed by atoms with Crippen LogP contribution in [0.3, 0.4) is 0 Å². The highest BCUT2D eigenvalue weighted by molar-refractivity contribution is 5.99. The van der Waals surface area contributed by atoms with E-state index in [1.165, 1.54) is 6.07 Å². The van der Waals surface area contributed by atoms with Crippen molar-refractivity contribution in [3.63, 3.8) is 0 Å². The zero-order chi connectivity index (χ0) is 15.4. The lowest BCUT2D eigenvalue weighted by molar-refractivity contribution is -0.383. The molecule has 0 fully saturated rings. The van der Waals surface area contributed by atoms with Gasteiger partial charge in [0.05, 0.1) is 10.3 Å². The molecule has 1 aromatic heterocycles. The van der Waals surface area contributed by atoms with Crippen LogP contribution in [0.5, 0.6) is 0 Å². The summed E-state index contributed by atoms with van der Waals surface area (Å²) >= 11 is 0. The van der Waals surface area contributed by atoms with Gasteiger partial charge in [0.2, 0.25) is 0 Å². The Kier molecular flexibility index (Phi) is 4.70. The van der Waals surface area contributed by atoms with E-state index in [9.17, 15) is 10.1 Å². The number of aryl methyl sites for hydroxylation is 1. The van der Waals surface area contributed by atoms with Gasteiger partial charge in [-0.25, -0.2) is 0 Å². The normalized spacial score (nSPS) is 12.3. The SMILES string of the molecule is CNCC(C)CNc1ccc([N+](=O)[O-])c2cnc(C)cc12. The molecular weight excluding hydrogens is 268 g/mol. The van der Waals surface area contributed by atoms with Gasteiger partial charge in [0.15, 0.2) is 0 Å². The first kappa shape index (κ1) is 15.2. The maximum Gasteiger partial charge on any atom is 0.278 e. The van der Waals surface area contributed by atoms with Gasteiger partial charge in [0.25, 0.3) is 5.69 Å². The minimum Gasteiger partial charge on any atom is -0.384 e. The largest absolute Gasteiger partial charge is 0.384 e. The zero-order valence-electron chi connectivity index (χ0n) is 12.5. The molecule has 2 N–H and O–H groups in total. The quantitative estimate of drug-likeness (QED) is 0.631. The van der Waals surface area contributed by atoms with Crippen LogP contribution in [0.15, 0.2) is 24.4 Å². The van der Waals surface area contributed by atoms with Crippen LogP contribution in [-0.4, -0.2) is 30.0 Å². The maximum absolute atomic E-state index is 11.1. The third-order valence-corrected chi connectivity index (χ3v) is 3.40. The second kappa shape index (κ2) is 6.49. The van der Waals surface area contributed by atoms with Crippen LogP contribution in [0.25, 0.3) is 10.8 Å². The van der Waals surface area contributed by atoms with Crippen molar-refractivity contribution in [1.82, 2.24) is 10.3 Å². The molecule has 2 rings (SSSR count). The van der Waals surface area contributed by atoms with E-state index in [0.29, 0.717) is 11.3 Å². The zero-order valence-corrected chi connectivity index (χ0v) is 12.5. The molecule has 0 aliphatic heterocycles. The number of benzene rings is 1. The summed E-state index contributed by atoms with van der Waals surface area (Å²) in [6, 6.07) is 5.18. The Bertz CT molecular complexity index is 657. The molecule has 0 aliphatic rings. The molecule has 0 radical (unpaired) electrons. The van der Waals surface area contributed by atoms with Crippen molar-refractivity contribution in [3.05, 3.63) is 40.2 Å². The number of nitrogens with one attached hydrogen (secondary N) is 2. The third-order valence-electron chi connectivity index (χ3n) is 3.40. The highest BCUT2D eigenvalue weighted by Gasteiger charge is 2.15. The van der Waals surface area contributed by atoms with E-state index in [1.54, 1.807) is 12.3 Å². The van der Waals surface area contributed by atoms with E-state index in [1.807, 2.05) is 20.0 Å². The van der Waals surface area contributed by atoms with Gasteiger partial charge in [-0.2, -0.15) is 0 Å². The predicted octanol–water partition coefficient (Wildman–Crippen LogP) is 2.72. The molecule has 1 aromatic carbocycles. The van der Waals surface area contributed by atoms with Gasteiger partial charge < -0.3 is 10.6 Å². The average molecular weight is 288 g/mol. The molecule has 0 amide bonds. The number of nitro groups is 1. The van der Waals surface area contributed by atoms with Gasteiger partial charge >= 0.3 is 0 Å². The summed E-state index contributed by atoms with van der Waals surface area (Å²) in [6.07, 6.45) is 1.57. The number of anilines is 1. The number of non-ortho nitro benzene ring substituents is 1. The number of nitro benzene ring substituents is 1. The minimum absolute atomic E-state index is 0.0892. The second-order valence-electron chi connectivity index (χ2n) is 5.30. The minimum atomic E-state index is -0.368. The van der Waals surface area contributed by atoms with Crippen molar-refractivity contribution in [2.75, 3.05) is 25.5 Å². The number of hydrogen-bond donors (Lipinski definition) is 2. The molecule has 6 nitrogen and oxygen atoms in total. The number of rotatable bonds is 6. The number of hydrogen-bond acceptors (Lipinski definition) is 5. The summed E-state index contributed by atoms with van der Waals surface area (Å²) in [4.78, 5) is 14.9. The van der Waals surface area contributed by atoms with E-state index >= 15 is 0 Å². The van der Waals surface area contributed by atoms with Crippen molar-refractivity contribution in [3.8, 4) is 0 Å². The van der Waals surface area contributed by atoms with Crippen molar-refractivity contribution < 1.29 is 4.92 Å². The van der Waals surface area contributed by atoms with Gasteiger partial charge in [-0.15, -0.1) is 0 Å². The summed E-state index contributed by atoms with van der Waals surface area (Å²) in [7, 11) is 1.92. The number of fused-ring (bicyclic) bond motifs is 1. The van der Waals surface area contributed by atoms with Gasteiger partial charge in [-0.05, 0) is 38.6 Å². The van der Waals surface area contributed by atoms with Crippen LogP contribution in [0, 0.1) is 23.0 Å². The lowest BCUT2D eigenvalue weighted by Gasteiger charge is -2.15. The Balaban J connectivity index is 2.38. The first-order valence-corrected chi connectivity index (χ1v) is 6.95. The van der Waals surface area contributed by atoms with Crippen LogP contribution in [-0.2, 0) is 0 Å². The average Bonchev–Trinajstić information content (AvgIpc) is 2.44. The van der Waals surface area contributed by atoms with E-state index in [-0.39, 0.29) is 10.6 Å². The van der Waals surface area contributed by atoms with Gasteiger partial charge in [-0.1, -0.05) is 6.92 Å². The maximum atomic E-state index is 11.1. The summed E-state index contributed by atoms with van der Waals surface area (Å²) in [6.45, 7) is 5.74. The predicted molar refractivity (Wildman–Crippen MR) is 84.7 cm³/mol. The smallest absolute Gasteiger partial charge is 0.278 e. The molecule has 0 saturated heterocycles. The topological polar surface area (TPSA) is 80.1 Å². The molecule has 112 valence electrons. The van der Waals surface area contributed by atoms with Gasteiger partial charge in [0, 0.05) is 35.6 Å². The molecule has 0 saturated carbocycles. The van der Waals surface area contributed by atoms with Crippen LogP contribution < -0.4 is 10.6 Å². The number of nitrogens with zero attached hydrogens (tertiary/aromatic N) is 2. The Labute approximate surface area is 123 Å². The molecule has 2 aromatic rings. The lowest BCUT2D eigenvalue weighted by Crippen LogP contribution is -2.22. The standard InChI is InChI=1S/C15H20N4O2/c1-10(7-16-3)8-18-14-4-5-15(19(20)21)13-9-17-11(2)6-12(13)14/h4-6,9-10,16,18H,7-8H2,1-3H3. The van der Waals surface area contributed by atoms with Crippen molar-refractivity contribution >= 4 is 22.1 Å². The second-order valence-corrected chi connectivity index (χ2v) is 5.30. The highest BCUT2D eigenvalue weighted by Crippen LogP contribution is 2.31. The molecule has 1 atom stereocenters. The summed E-state index contributed by atoms with van der Waals surface area (Å²) in [5, 5.41) is 19.0. The van der Waals surface area contributed by atoms with Crippen molar-refractivity contribution in [1.29, 1.82) is 0 Å². The summed E-state index contributed by atoms with van der Waals surface area (Å²) < 4.78 is 0. The van der Waals surface area contributed by atoms with Gasteiger partial charge in [-0.3, -0.25) is 15.1 Å². The fourth-order valence-corrected chi connectivity index (χ4v) is 2.35. The molecule has 0 aliphatic carbocycles. The van der Waals surface area contributed by atoms with E-state index in [4.69, 9.17) is 0 Å². The Morgan fingerprint density at radius 2 is 2.10 bits per heavy atom. The molecule has 0 spiro atoms. The fourth-order valence-electron chi connectivity index (χ4n) is 2.35. The van der Waals surface area contributed by atoms with E-state index in [2.05, 4.69) is 22.5 Å². The van der Waals surface area contributed by atoms with Crippen LogP contribution in [0.2, 0.25) is 0 Å². The van der Waals surface area contributed by atoms with Gasteiger partial charge in [0.1, 0.15) is 0 Å². The van der Waals surface area contributed by atoms with Crippen molar-refractivity contribution in [2.45, 2.75) is 13.8 Å². The van der Waals surface area contributed by atoms with Crippen LogP contribution in [0.1, 0.15) is 12.6 Å². The monoisotopic (exact) mass is 288 g/mol. The van der Waals surface area contributed by atoms with E-state index < -0.39 is 0 Å². The van der Waals surface area contributed by atoms with Crippen molar-refractivity contribution in [2.24, 2.45) is 5.92 Å². The molecule has 1 unspecified atom stereocenters. The first-order valence-electron chi connectivity index (χ1n) is 6.95. The molecular formula is C15H20N4O2. The summed E-state index contributed by atoms with van der Waals surface area (Å²) in [5.74, 6) is 0.461. The number of pyridine rings is 1. The summed E-state index contributed by atoms with van der Waals surface area (Å²) in [5.41, 5.74) is 1.84. The van der Waals surface area contributed by atoms with E-state index in [0.717, 1.165) is 29.9 Å². The van der Waals surface area contributed by atoms with Crippen LogP contribution >= 0.6 is 0 Å². The molecule has 0 bridgehead atoms. The first-order chi connectivity index (χ1) is 10.0. The Morgan fingerprint density at radius 3 is 2.76 bits per heavy atom. The Hall–Kier alpha value is -2.21. The third kappa shape index (κ3) is 3.46. The number of aromatic nitrogens is 1. The highest BCUT2D eigenvalue weighted by atomic mass is 16.6. The fraction of sp³-hybridized carbons (Fsp3) is 0.400. The Morgan fingerprint density at radius 1 is 1.33 bits per heavy atom.